The summed E-state index contributed by atoms with van der Waals surface area (Å²) in [6.45, 7) is 3.22. The van der Waals surface area contributed by atoms with Crippen molar-refractivity contribution in [3.05, 3.63) is 47.5 Å². The largest absolute Gasteiger partial charge is 0.467 e. The van der Waals surface area contributed by atoms with Crippen molar-refractivity contribution in [1.29, 1.82) is 0 Å². The van der Waals surface area contributed by atoms with E-state index in [1.165, 1.54) is 6.08 Å². The topological polar surface area (TPSA) is 64.6 Å². The lowest BCUT2D eigenvalue weighted by atomic mass is 10.0. The average Bonchev–Trinajstić information content (AvgIpc) is 2.53. The quantitative estimate of drug-likeness (QED) is 0.447. The van der Waals surface area contributed by atoms with Gasteiger partial charge in [0.15, 0.2) is 0 Å². The minimum absolute atomic E-state index is 0.116. The predicted molar refractivity (Wildman–Crippen MR) is 80.2 cm³/mol. The number of benzene rings is 1. The normalized spacial score (nSPS) is 12.2. The second kappa shape index (κ2) is 9.16. The summed E-state index contributed by atoms with van der Waals surface area (Å²) >= 11 is 0. The Balaban J connectivity index is 2.87. The van der Waals surface area contributed by atoms with Crippen LogP contribution in [0, 0.1) is 11.6 Å². The van der Waals surface area contributed by atoms with Gasteiger partial charge in [0.25, 0.3) is 0 Å². The third-order valence-electron chi connectivity index (χ3n) is 3.22. The Morgan fingerprint density at radius 1 is 1.27 bits per heavy atom. The molecule has 1 amide bonds. The van der Waals surface area contributed by atoms with E-state index in [0.29, 0.717) is 12.1 Å². The van der Waals surface area contributed by atoms with E-state index in [9.17, 15) is 31.5 Å². The van der Waals surface area contributed by atoms with Crippen LogP contribution in [0.2, 0.25) is 0 Å². The van der Waals surface area contributed by atoms with Gasteiger partial charge < -0.3 is 14.8 Å². The fraction of sp³-hybridized carbons (Fsp3) is 0.375. The molecule has 1 atom stereocenters. The molecular weight excluding hydrogens is 365 g/mol. The molecule has 1 rings (SSSR count). The highest BCUT2D eigenvalue weighted by atomic mass is 19.4. The number of halogens is 5. The Bertz CT molecular complexity index is 652. The van der Waals surface area contributed by atoms with Gasteiger partial charge in [0.05, 0.1) is 7.11 Å². The first kappa shape index (κ1) is 21.4. The van der Waals surface area contributed by atoms with Crippen molar-refractivity contribution in [3.8, 4) is 0 Å². The zero-order valence-corrected chi connectivity index (χ0v) is 13.7. The maximum absolute atomic E-state index is 13.6. The van der Waals surface area contributed by atoms with E-state index < -0.39 is 41.5 Å². The molecule has 0 aliphatic carbocycles. The molecule has 0 heterocycles. The van der Waals surface area contributed by atoms with Gasteiger partial charge in [-0.3, -0.25) is 0 Å². The van der Waals surface area contributed by atoms with Crippen molar-refractivity contribution in [1.82, 2.24) is 5.32 Å². The van der Waals surface area contributed by atoms with Crippen LogP contribution < -0.4 is 5.32 Å². The van der Waals surface area contributed by atoms with Crippen LogP contribution in [0.5, 0.6) is 0 Å². The molecule has 0 bridgehead atoms. The maximum Gasteiger partial charge on any atom is 0.422 e. The predicted octanol–water partition coefficient (Wildman–Crippen LogP) is 3.37. The van der Waals surface area contributed by atoms with Crippen LogP contribution in [0.15, 0.2) is 24.8 Å². The van der Waals surface area contributed by atoms with Gasteiger partial charge in [-0.05, 0) is 30.5 Å². The van der Waals surface area contributed by atoms with Gasteiger partial charge in [-0.25, -0.2) is 18.4 Å². The molecular formula is C16H16F5NO4. The van der Waals surface area contributed by atoms with Crippen LogP contribution >= 0.6 is 0 Å². The van der Waals surface area contributed by atoms with Crippen LogP contribution in [0.4, 0.5) is 26.7 Å². The number of alkyl halides is 3. The van der Waals surface area contributed by atoms with Gasteiger partial charge >= 0.3 is 18.2 Å². The first-order valence-electron chi connectivity index (χ1n) is 7.27. The number of hydrogen-bond donors (Lipinski definition) is 1. The van der Waals surface area contributed by atoms with Gasteiger partial charge in [0.2, 0.25) is 0 Å². The lowest BCUT2D eigenvalue weighted by molar-refractivity contribution is -0.143. The highest BCUT2D eigenvalue weighted by Gasteiger charge is 2.38. The van der Waals surface area contributed by atoms with Crippen LogP contribution in [0.1, 0.15) is 17.5 Å². The van der Waals surface area contributed by atoms with E-state index in [1.54, 1.807) is 0 Å². The van der Waals surface area contributed by atoms with Crippen LogP contribution in [-0.2, 0) is 26.9 Å². The van der Waals surface area contributed by atoms with Crippen LogP contribution in [0.3, 0.4) is 0 Å². The number of rotatable bonds is 7. The molecule has 0 spiro atoms. The minimum atomic E-state index is -5.17. The molecule has 5 nitrogen and oxygen atoms in total. The first-order chi connectivity index (χ1) is 12.1. The van der Waals surface area contributed by atoms with Crippen molar-refractivity contribution < 1.29 is 41.0 Å². The summed E-state index contributed by atoms with van der Waals surface area (Å²) in [5.41, 5.74) is -2.11. The summed E-state index contributed by atoms with van der Waals surface area (Å²) in [7, 11) is 1.06. The Morgan fingerprint density at radius 3 is 2.31 bits per heavy atom. The molecule has 10 heteroatoms. The molecule has 144 valence electrons. The highest BCUT2D eigenvalue weighted by molar-refractivity contribution is 5.81. The van der Waals surface area contributed by atoms with Crippen molar-refractivity contribution in [2.75, 3.05) is 13.7 Å². The monoisotopic (exact) mass is 381 g/mol. The standard InChI is InChI=1S/C16H16F5NO4/c1-3-6-26-15(24)22-12(14(23)25-2)5-4-9-7-10(17)13(11(18)8-9)16(19,20)21/h3,7-8,12H,1,4-6H2,2H3,(H,22,24). The van der Waals surface area contributed by atoms with Gasteiger partial charge in [-0.15, -0.1) is 0 Å². The molecule has 0 saturated carbocycles. The fourth-order valence-corrected chi connectivity index (χ4v) is 2.06. The fourth-order valence-electron chi connectivity index (χ4n) is 2.06. The number of alkyl carbamates (subject to hydrolysis) is 1. The Hall–Kier alpha value is -2.65. The number of hydrogen-bond acceptors (Lipinski definition) is 4. The number of ether oxygens (including phenoxy) is 2. The Labute approximate surface area is 145 Å². The van der Waals surface area contributed by atoms with E-state index in [-0.39, 0.29) is 25.0 Å². The molecule has 1 N–H and O–H groups in total. The van der Waals surface area contributed by atoms with Crippen molar-refractivity contribution in [2.24, 2.45) is 0 Å². The molecule has 1 unspecified atom stereocenters. The average molecular weight is 381 g/mol. The van der Waals surface area contributed by atoms with Crippen molar-refractivity contribution in [3.63, 3.8) is 0 Å². The van der Waals surface area contributed by atoms with Crippen LogP contribution in [0.25, 0.3) is 0 Å². The second-order valence-corrected chi connectivity index (χ2v) is 5.08. The summed E-state index contributed by atoms with van der Waals surface area (Å²) in [6.07, 6.45) is -5.21. The van der Waals surface area contributed by atoms with E-state index in [0.717, 1.165) is 7.11 Å². The summed E-state index contributed by atoms with van der Waals surface area (Å²) in [5.74, 6) is -4.38. The molecule has 26 heavy (non-hydrogen) atoms. The minimum Gasteiger partial charge on any atom is -0.467 e. The molecule has 0 saturated heterocycles. The third kappa shape index (κ3) is 6.01. The van der Waals surface area contributed by atoms with Crippen molar-refractivity contribution in [2.45, 2.75) is 25.1 Å². The third-order valence-corrected chi connectivity index (χ3v) is 3.22. The molecule has 0 radical (unpaired) electrons. The van der Waals surface area contributed by atoms with E-state index >= 15 is 0 Å². The Morgan fingerprint density at radius 2 is 1.85 bits per heavy atom. The number of amides is 1. The summed E-state index contributed by atoms with van der Waals surface area (Å²) in [4.78, 5) is 23.1. The SMILES string of the molecule is C=CCOC(=O)NC(CCc1cc(F)c(C(F)(F)F)c(F)c1)C(=O)OC. The summed E-state index contributed by atoms with van der Waals surface area (Å²) in [5, 5.41) is 2.19. The number of carbonyl (C=O) groups is 2. The molecule has 1 aromatic rings. The highest BCUT2D eigenvalue weighted by Crippen LogP contribution is 2.34. The first-order valence-corrected chi connectivity index (χ1v) is 7.27. The lowest BCUT2D eigenvalue weighted by Gasteiger charge is -2.16. The van der Waals surface area contributed by atoms with Gasteiger partial charge in [-0.2, -0.15) is 13.2 Å². The zero-order chi connectivity index (χ0) is 19.9. The van der Waals surface area contributed by atoms with Gasteiger partial charge in [-0.1, -0.05) is 12.7 Å². The Kier molecular flexibility index (Phi) is 7.54. The smallest absolute Gasteiger partial charge is 0.422 e. The summed E-state index contributed by atoms with van der Waals surface area (Å²) < 4.78 is 73.9. The van der Waals surface area contributed by atoms with E-state index in [1.807, 2.05) is 0 Å². The number of nitrogens with one attached hydrogen (secondary N) is 1. The molecule has 0 aromatic heterocycles. The number of methoxy groups -OCH3 is 1. The lowest BCUT2D eigenvalue weighted by Crippen LogP contribution is -2.42. The van der Waals surface area contributed by atoms with Gasteiger partial charge in [0, 0.05) is 0 Å². The second-order valence-electron chi connectivity index (χ2n) is 5.08. The van der Waals surface area contributed by atoms with Crippen molar-refractivity contribution >= 4 is 12.1 Å². The number of aryl methyl sites for hydroxylation is 1. The molecule has 0 aliphatic rings. The van der Waals surface area contributed by atoms with Crippen LogP contribution in [-0.4, -0.2) is 31.8 Å². The number of esters is 1. The van der Waals surface area contributed by atoms with E-state index in [4.69, 9.17) is 0 Å². The van der Waals surface area contributed by atoms with E-state index in [2.05, 4.69) is 21.4 Å². The maximum atomic E-state index is 13.6. The van der Waals surface area contributed by atoms with Gasteiger partial charge in [0.1, 0.15) is 29.8 Å². The molecule has 0 aliphatic heterocycles. The number of carbonyl (C=O) groups excluding carboxylic acids is 2. The molecule has 0 fully saturated rings. The molecule has 1 aromatic carbocycles. The summed E-state index contributed by atoms with van der Waals surface area (Å²) in [6, 6.07) is -0.169. The zero-order valence-electron chi connectivity index (χ0n) is 13.7.